The van der Waals surface area contributed by atoms with Crippen molar-refractivity contribution in [2.24, 2.45) is 17.8 Å². The summed E-state index contributed by atoms with van der Waals surface area (Å²) in [5.41, 5.74) is -0.191. The van der Waals surface area contributed by atoms with E-state index in [1.54, 1.807) is 7.11 Å². The molecule has 5 fully saturated rings. The van der Waals surface area contributed by atoms with Gasteiger partial charge in [0.15, 0.2) is 0 Å². The van der Waals surface area contributed by atoms with Gasteiger partial charge in [0, 0.05) is 35.3 Å². The van der Waals surface area contributed by atoms with Crippen LogP contribution in [0.1, 0.15) is 76.2 Å². The molecule has 57 heavy (non-hydrogen) atoms. The maximum absolute atomic E-state index is 14.8. The molecule has 306 valence electrons. The first-order valence-electron chi connectivity index (χ1n) is 20.2. The topological polar surface area (TPSA) is 192 Å². The van der Waals surface area contributed by atoms with Gasteiger partial charge in [-0.1, -0.05) is 31.1 Å². The molecule has 3 aliphatic carbocycles. The number of pyridine rings is 1. The van der Waals surface area contributed by atoms with Gasteiger partial charge in [-0.2, -0.15) is 0 Å². The molecule has 4 amide bonds. The van der Waals surface area contributed by atoms with E-state index in [0.29, 0.717) is 49.4 Å². The molecular formula is C41H51N5O10S. The monoisotopic (exact) mass is 805 g/mol. The van der Waals surface area contributed by atoms with Crippen molar-refractivity contribution >= 4 is 50.8 Å². The number of carbonyl (C=O) groups is 4. The van der Waals surface area contributed by atoms with Crippen molar-refractivity contribution in [1.82, 2.24) is 25.2 Å². The molecule has 2 aromatic rings. The minimum absolute atomic E-state index is 0.00195. The number of allylic oxidation sites excluding steroid dienone is 1. The third-order valence-electron chi connectivity index (χ3n) is 12.4. The smallest absolute Gasteiger partial charge is 0.408 e. The van der Waals surface area contributed by atoms with Gasteiger partial charge in [-0.15, -0.1) is 6.58 Å². The molecule has 4 heterocycles. The summed E-state index contributed by atoms with van der Waals surface area (Å²) >= 11 is 0. The molecule has 8 rings (SSSR count). The molecule has 16 heteroatoms. The number of methoxy groups -OCH3 is 1. The summed E-state index contributed by atoms with van der Waals surface area (Å²) in [6.45, 7) is 4.52. The Bertz CT molecular complexity index is 2070. The summed E-state index contributed by atoms with van der Waals surface area (Å²) in [4.78, 5) is 62.8. The Morgan fingerprint density at radius 3 is 2.58 bits per heavy atom. The van der Waals surface area contributed by atoms with Crippen molar-refractivity contribution in [3.63, 3.8) is 0 Å². The van der Waals surface area contributed by atoms with Gasteiger partial charge in [0.25, 0.3) is 5.91 Å². The first kappa shape index (κ1) is 39.1. The minimum Gasteiger partial charge on any atom is -0.497 e. The van der Waals surface area contributed by atoms with Crippen LogP contribution in [-0.2, 0) is 33.9 Å². The summed E-state index contributed by atoms with van der Waals surface area (Å²) in [7, 11) is -2.33. The lowest BCUT2D eigenvalue weighted by molar-refractivity contribution is -0.142. The molecule has 3 saturated carbocycles. The normalized spacial score (nSPS) is 31.4. The SMILES string of the molecule is C=CC1C[C@]1(NC(=O)[C@@H]1C[C@@H]2CN1C(=O)[C@H](C1CCCC1)NC(=O)O[C@H]1COC[C@@H]1CCC/C=C/c1cc3ccc(OC)cc3nc1O2)C(=O)NS(=O)(=O)C1CC1. The van der Waals surface area contributed by atoms with E-state index in [4.69, 9.17) is 23.9 Å². The number of rotatable bonds is 8. The first-order chi connectivity index (χ1) is 27.5. The Hall–Kier alpha value is -4.70. The van der Waals surface area contributed by atoms with Gasteiger partial charge in [0.05, 0.1) is 37.6 Å². The first-order valence-corrected chi connectivity index (χ1v) is 21.7. The molecule has 7 atom stereocenters. The summed E-state index contributed by atoms with van der Waals surface area (Å²) < 4.78 is 51.5. The van der Waals surface area contributed by atoms with E-state index >= 15 is 0 Å². The van der Waals surface area contributed by atoms with Crippen LogP contribution < -0.4 is 24.8 Å². The van der Waals surface area contributed by atoms with Crippen LogP contribution in [0.2, 0.25) is 0 Å². The zero-order valence-corrected chi connectivity index (χ0v) is 33.0. The second-order valence-corrected chi connectivity index (χ2v) is 18.3. The standard InChI is InChI=1S/C41H51N5O10S/c1-3-28-20-41(28,39(49)45-57(51,52)31-15-16-31)44-36(47)33-19-30-21-46(33)38(48)35(24-9-7-8-10-24)43-40(50)56-34-23-54-22-27(34)12-6-4-5-11-26-17-25-13-14-29(53-2)18-32(25)42-37(26)55-30/h3,5,11,13-14,17-18,24,27-28,30-31,33-35H,1,4,6-10,12,15-16,19-23H2,2H3,(H,43,50)(H,44,47)(H,45,49)/b11-5+/t27-,28?,30+,33-,34-,35-,41+/m0/s1. The van der Waals surface area contributed by atoms with Crippen molar-refractivity contribution in [3.8, 4) is 11.6 Å². The van der Waals surface area contributed by atoms with Crippen LogP contribution >= 0.6 is 0 Å². The number of carbonyl (C=O) groups excluding carboxylic acids is 4. The number of amides is 4. The number of fused-ring (bicyclic) bond motifs is 5. The number of hydrogen-bond donors (Lipinski definition) is 3. The maximum Gasteiger partial charge on any atom is 0.408 e. The van der Waals surface area contributed by atoms with E-state index in [1.165, 1.54) is 11.0 Å². The fourth-order valence-corrected chi connectivity index (χ4v) is 10.2. The summed E-state index contributed by atoms with van der Waals surface area (Å²) in [5, 5.41) is 5.97. The van der Waals surface area contributed by atoms with E-state index < -0.39 is 74.8 Å². The van der Waals surface area contributed by atoms with Gasteiger partial charge >= 0.3 is 6.09 Å². The predicted octanol–water partition coefficient (Wildman–Crippen LogP) is 3.76. The van der Waals surface area contributed by atoms with Gasteiger partial charge in [0.2, 0.25) is 27.7 Å². The van der Waals surface area contributed by atoms with Crippen LogP contribution in [-0.4, -0.2) is 104 Å². The lowest BCUT2D eigenvalue weighted by Gasteiger charge is -2.32. The lowest BCUT2D eigenvalue weighted by Crippen LogP contribution is -2.59. The number of hydrogen-bond acceptors (Lipinski definition) is 11. The van der Waals surface area contributed by atoms with Crippen molar-refractivity contribution in [1.29, 1.82) is 0 Å². The van der Waals surface area contributed by atoms with Crippen LogP contribution in [0.25, 0.3) is 17.0 Å². The second-order valence-electron chi connectivity index (χ2n) is 16.3. The summed E-state index contributed by atoms with van der Waals surface area (Å²) in [6.07, 6.45) is 10.3. The summed E-state index contributed by atoms with van der Waals surface area (Å²) in [5.74, 6) is -1.70. The summed E-state index contributed by atoms with van der Waals surface area (Å²) in [6, 6.07) is 5.46. The number of ether oxygens (including phenoxy) is 4. The largest absolute Gasteiger partial charge is 0.497 e. The molecule has 3 aliphatic heterocycles. The van der Waals surface area contributed by atoms with Crippen LogP contribution in [0.3, 0.4) is 0 Å². The number of sulfonamides is 1. The van der Waals surface area contributed by atoms with Gasteiger partial charge in [0.1, 0.15) is 35.6 Å². The Balaban J connectivity index is 1.14. The number of alkyl carbamates (subject to hydrolysis) is 1. The average molecular weight is 806 g/mol. The Morgan fingerprint density at radius 2 is 1.84 bits per heavy atom. The Labute approximate surface area is 332 Å². The molecule has 0 spiro atoms. The number of aromatic nitrogens is 1. The van der Waals surface area contributed by atoms with E-state index in [1.807, 2.05) is 36.4 Å². The second kappa shape index (κ2) is 15.9. The highest BCUT2D eigenvalue weighted by Crippen LogP contribution is 2.46. The molecule has 1 aromatic heterocycles. The zero-order valence-electron chi connectivity index (χ0n) is 32.2. The Kier molecular flexibility index (Phi) is 10.9. The molecule has 0 radical (unpaired) electrons. The van der Waals surface area contributed by atoms with Gasteiger partial charge in [-0.05, 0) is 75.5 Å². The van der Waals surface area contributed by atoms with Crippen molar-refractivity contribution in [2.75, 3.05) is 26.9 Å². The molecule has 3 N–H and O–H groups in total. The molecule has 6 aliphatic rings. The van der Waals surface area contributed by atoms with Crippen LogP contribution in [0.5, 0.6) is 11.6 Å². The van der Waals surface area contributed by atoms with E-state index in [-0.39, 0.29) is 37.8 Å². The van der Waals surface area contributed by atoms with E-state index in [0.717, 1.165) is 43.1 Å². The highest BCUT2D eigenvalue weighted by atomic mass is 32.2. The lowest BCUT2D eigenvalue weighted by atomic mass is 9.96. The van der Waals surface area contributed by atoms with Crippen LogP contribution in [0.15, 0.2) is 43.0 Å². The number of nitrogens with zero attached hydrogens (tertiary/aromatic N) is 2. The van der Waals surface area contributed by atoms with E-state index in [9.17, 15) is 27.6 Å². The van der Waals surface area contributed by atoms with Crippen molar-refractivity contribution < 1.29 is 46.5 Å². The van der Waals surface area contributed by atoms with Gasteiger partial charge < -0.3 is 34.5 Å². The average Bonchev–Trinajstić information content (AvgIpc) is 3.98. The minimum atomic E-state index is -3.91. The zero-order chi connectivity index (χ0) is 39.9. The van der Waals surface area contributed by atoms with Crippen LogP contribution in [0.4, 0.5) is 4.79 Å². The Morgan fingerprint density at radius 1 is 1.05 bits per heavy atom. The molecular weight excluding hydrogens is 755 g/mol. The van der Waals surface area contributed by atoms with Crippen molar-refractivity contribution in [3.05, 3.63) is 48.6 Å². The highest BCUT2D eigenvalue weighted by Gasteiger charge is 2.62. The van der Waals surface area contributed by atoms with Gasteiger partial charge in [-0.3, -0.25) is 19.1 Å². The van der Waals surface area contributed by atoms with Crippen molar-refractivity contribution in [2.45, 2.75) is 106 Å². The molecule has 2 saturated heterocycles. The highest BCUT2D eigenvalue weighted by molar-refractivity contribution is 7.91. The molecule has 1 aromatic carbocycles. The maximum atomic E-state index is 14.8. The van der Waals surface area contributed by atoms with E-state index in [2.05, 4.69) is 21.9 Å². The number of benzene rings is 1. The third kappa shape index (κ3) is 8.20. The fourth-order valence-electron chi connectivity index (χ4n) is 8.87. The quantitative estimate of drug-likeness (QED) is 0.330. The molecule has 15 nitrogen and oxygen atoms in total. The number of nitrogens with one attached hydrogen (secondary N) is 3. The molecule has 2 bridgehead atoms. The third-order valence-corrected chi connectivity index (χ3v) is 14.3. The fraction of sp³-hybridized carbons (Fsp3) is 0.585. The van der Waals surface area contributed by atoms with Gasteiger partial charge in [-0.25, -0.2) is 18.2 Å². The molecule has 1 unspecified atom stereocenters. The van der Waals surface area contributed by atoms with Crippen LogP contribution in [0, 0.1) is 17.8 Å². The predicted molar refractivity (Wildman–Crippen MR) is 208 cm³/mol.